The quantitative estimate of drug-likeness (QED) is 0.594. The van der Waals surface area contributed by atoms with Crippen molar-refractivity contribution in [3.8, 4) is 11.4 Å². The van der Waals surface area contributed by atoms with Crippen LogP contribution in [-0.4, -0.2) is 61.9 Å². The van der Waals surface area contributed by atoms with E-state index in [9.17, 15) is 9.59 Å². The van der Waals surface area contributed by atoms with Crippen molar-refractivity contribution < 1.29 is 14.3 Å². The molecule has 0 unspecified atom stereocenters. The minimum absolute atomic E-state index is 0.173. The van der Waals surface area contributed by atoms with Crippen molar-refractivity contribution in [3.63, 3.8) is 0 Å². The maximum absolute atomic E-state index is 13.1. The molecule has 7 nitrogen and oxygen atoms in total. The first-order valence-corrected chi connectivity index (χ1v) is 10.5. The molecule has 2 heterocycles. The average molecular weight is 421 g/mol. The zero-order valence-electron chi connectivity index (χ0n) is 17.7. The number of carbonyl (C=O) groups excluding carboxylic acids is 1. The van der Waals surface area contributed by atoms with Crippen LogP contribution in [0.1, 0.15) is 16.8 Å². The Balaban J connectivity index is 1.58. The van der Waals surface area contributed by atoms with Gasteiger partial charge in [-0.05, 0) is 31.2 Å². The second kappa shape index (κ2) is 9.76. The van der Waals surface area contributed by atoms with E-state index < -0.39 is 0 Å². The Hall–Kier alpha value is -3.16. The summed E-state index contributed by atoms with van der Waals surface area (Å²) >= 11 is 0. The van der Waals surface area contributed by atoms with Gasteiger partial charge in [-0.15, -0.1) is 0 Å². The summed E-state index contributed by atoms with van der Waals surface area (Å²) in [7, 11) is 1.58. The molecule has 0 radical (unpaired) electrons. The van der Waals surface area contributed by atoms with Crippen molar-refractivity contribution in [2.45, 2.75) is 6.42 Å². The zero-order chi connectivity index (χ0) is 21.6. The van der Waals surface area contributed by atoms with Crippen LogP contribution < -0.4 is 15.6 Å². The molecule has 2 aromatic carbocycles. The molecular formula is C24H27N3O4. The molecule has 3 aromatic rings. The molecule has 0 spiro atoms. The number of pyridine rings is 1. The molecule has 0 saturated carbocycles. The maximum atomic E-state index is 13.1. The van der Waals surface area contributed by atoms with Crippen molar-refractivity contribution in [3.05, 3.63) is 70.6 Å². The molecule has 1 amide bonds. The highest BCUT2D eigenvalue weighted by Crippen LogP contribution is 2.20. The summed E-state index contributed by atoms with van der Waals surface area (Å²) in [6, 6.07) is 14.5. The molecule has 1 saturated heterocycles. The number of methoxy groups -OCH3 is 1. The summed E-state index contributed by atoms with van der Waals surface area (Å²) in [6.45, 7) is 4.90. The van der Waals surface area contributed by atoms with E-state index in [2.05, 4.69) is 10.2 Å². The highest BCUT2D eigenvalue weighted by Gasteiger charge is 2.16. The van der Waals surface area contributed by atoms with Gasteiger partial charge in [-0.2, -0.15) is 0 Å². The Morgan fingerprint density at radius 2 is 1.87 bits per heavy atom. The first-order valence-electron chi connectivity index (χ1n) is 10.5. The fourth-order valence-corrected chi connectivity index (χ4v) is 3.85. The Morgan fingerprint density at radius 3 is 2.65 bits per heavy atom. The number of rotatable bonds is 7. The van der Waals surface area contributed by atoms with E-state index in [0.29, 0.717) is 34.3 Å². The summed E-state index contributed by atoms with van der Waals surface area (Å²) in [5.41, 5.74) is 0.952. The summed E-state index contributed by atoms with van der Waals surface area (Å²) in [4.78, 5) is 28.5. The summed E-state index contributed by atoms with van der Waals surface area (Å²) < 4.78 is 12.2. The number of nitrogens with zero attached hydrogens (tertiary/aromatic N) is 2. The van der Waals surface area contributed by atoms with Crippen LogP contribution in [0, 0.1) is 0 Å². The number of hydrogen-bond acceptors (Lipinski definition) is 5. The Kier molecular flexibility index (Phi) is 6.64. The van der Waals surface area contributed by atoms with E-state index in [4.69, 9.17) is 9.47 Å². The molecule has 7 heteroatoms. The lowest BCUT2D eigenvalue weighted by molar-refractivity contribution is 0.0374. The summed E-state index contributed by atoms with van der Waals surface area (Å²) in [6.07, 6.45) is 2.48. The van der Waals surface area contributed by atoms with Gasteiger partial charge in [0.05, 0.1) is 31.6 Å². The molecule has 1 fully saturated rings. The number of carbonyl (C=O) groups is 1. The van der Waals surface area contributed by atoms with Gasteiger partial charge in [-0.1, -0.05) is 24.3 Å². The fourth-order valence-electron chi connectivity index (χ4n) is 3.85. The monoisotopic (exact) mass is 421 g/mol. The van der Waals surface area contributed by atoms with Crippen molar-refractivity contribution in [1.82, 2.24) is 14.8 Å². The third-order valence-corrected chi connectivity index (χ3v) is 5.54. The van der Waals surface area contributed by atoms with Crippen LogP contribution in [0.15, 0.2) is 59.5 Å². The first kappa shape index (κ1) is 21.1. The highest BCUT2D eigenvalue weighted by atomic mass is 16.5. The minimum Gasteiger partial charge on any atom is -0.497 e. The van der Waals surface area contributed by atoms with Crippen LogP contribution in [0.2, 0.25) is 0 Å². The van der Waals surface area contributed by atoms with Gasteiger partial charge in [0.25, 0.3) is 11.5 Å². The van der Waals surface area contributed by atoms with Crippen LogP contribution in [0.25, 0.3) is 16.5 Å². The van der Waals surface area contributed by atoms with Gasteiger partial charge in [0.15, 0.2) is 0 Å². The number of ether oxygens (including phenoxy) is 2. The molecule has 162 valence electrons. The average Bonchev–Trinajstić information content (AvgIpc) is 2.83. The second-order valence-electron chi connectivity index (χ2n) is 7.53. The lowest BCUT2D eigenvalue weighted by Gasteiger charge is -2.26. The largest absolute Gasteiger partial charge is 0.497 e. The van der Waals surface area contributed by atoms with Gasteiger partial charge >= 0.3 is 0 Å². The third-order valence-electron chi connectivity index (χ3n) is 5.54. The van der Waals surface area contributed by atoms with Crippen LogP contribution in [-0.2, 0) is 4.74 Å². The number of nitrogens with one attached hydrogen (secondary N) is 1. The molecule has 1 N–H and O–H groups in total. The van der Waals surface area contributed by atoms with E-state index in [0.717, 1.165) is 39.3 Å². The zero-order valence-corrected chi connectivity index (χ0v) is 17.7. The van der Waals surface area contributed by atoms with Crippen molar-refractivity contribution >= 4 is 16.7 Å². The van der Waals surface area contributed by atoms with Crippen molar-refractivity contribution in [1.29, 1.82) is 0 Å². The number of benzene rings is 2. The second-order valence-corrected chi connectivity index (χ2v) is 7.53. The van der Waals surface area contributed by atoms with E-state index in [1.54, 1.807) is 25.4 Å². The number of morpholine rings is 1. The smallest absolute Gasteiger partial charge is 0.262 e. The van der Waals surface area contributed by atoms with Gasteiger partial charge < -0.3 is 14.8 Å². The molecule has 0 atom stereocenters. The number of fused-ring (bicyclic) bond motifs is 1. The van der Waals surface area contributed by atoms with Gasteiger partial charge in [-0.25, -0.2) is 0 Å². The topological polar surface area (TPSA) is 72.8 Å². The summed E-state index contributed by atoms with van der Waals surface area (Å²) in [5.74, 6) is 0.460. The number of amides is 1. The maximum Gasteiger partial charge on any atom is 0.262 e. The van der Waals surface area contributed by atoms with Gasteiger partial charge in [0.1, 0.15) is 5.75 Å². The normalized spacial score (nSPS) is 14.5. The molecule has 1 aliphatic heterocycles. The molecule has 0 bridgehead atoms. The van der Waals surface area contributed by atoms with Crippen molar-refractivity contribution in [2.75, 3.05) is 46.5 Å². The lowest BCUT2D eigenvalue weighted by Crippen LogP contribution is -2.38. The van der Waals surface area contributed by atoms with E-state index in [1.165, 1.54) is 4.57 Å². The van der Waals surface area contributed by atoms with Gasteiger partial charge in [0.2, 0.25) is 0 Å². The third kappa shape index (κ3) is 4.78. The van der Waals surface area contributed by atoms with Gasteiger partial charge in [-0.3, -0.25) is 19.1 Å². The van der Waals surface area contributed by atoms with Gasteiger partial charge in [0, 0.05) is 42.7 Å². The molecule has 1 aliphatic rings. The first-order chi connectivity index (χ1) is 15.2. The Morgan fingerprint density at radius 1 is 1.10 bits per heavy atom. The fraction of sp³-hybridized carbons (Fsp3) is 0.333. The minimum atomic E-state index is -0.185. The number of hydrogen-bond donors (Lipinski definition) is 1. The molecule has 4 rings (SSSR count). The molecular weight excluding hydrogens is 394 g/mol. The van der Waals surface area contributed by atoms with Crippen molar-refractivity contribution in [2.24, 2.45) is 0 Å². The van der Waals surface area contributed by atoms with Crippen LogP contribution >= 0.6 is 0 Å². The predicted octanol–water partition coefficient (Wildman–Crippen LogP) is 2.45. The van der Waals surface area contributed by atoms with Crippen LogP contribution in [0.3, 0.4) is 0 Å². The number of aromatic nitrogens is 1. The highest BCUT2D eigenvalue weighted by molar-refractivity contribution is 6.06. The SMILES string of the molecule is COc1cccc(-n2cc(C(=O)NCCCN3CCOCC3)c3ccccc3c2=O)c1. The predicted molar refractivity (Wildman–Crippen MR) is 120 cm³/mol. The standard InChI is InChI=1S/C24H27N3O4/c1-30-19-7-4-6-18(16-19)27-17-22(20-8-2-3-9-21(20)24(27)29)23(28)25-10-5-11-26-12-14-31-15-13-26/h2-4,6-9,16-17H,5,10-15H2,1H3,(H,25,28). The lowest BCUT2D eigenvalue weighted by atomic mass is 10.1. The Bertz CT molecular complexity index is 1120. The Labute approximate surface area is 181 Å². The van der Waals surface area contributed by atoms with Crippen LogP contribution in [0.5, 0.6) is 5.75 Å². The molecule has 31 heavy (non-hydrogen) atoms. The van der Waals surface area contributed by atoms with Crippen LogP contribution in [0.4, 0.5) is 0 Å². The summed E-state index contributed by atoms with van der Waals surface area (Å²) in [5, 5.41) is 4.17. The van der Waals surface area contributed by atoms with E-state index >= 15 is 0 Å². The molecule has 0 aliphatic carbocycles. The van der Waals surface area contributed by atoms with E-state index in [-0.39, 0.29) is 11.5 Å². The molecule has 1 aromatic heterocycles. The van der Waals surface area contributed by atoms with E-state index in [1.807, 2.05) is 36.4 Å².